The first-order chi connectivity index (χ1) is 15.0. The lowest BCUT2D eigenvalue weighted by molar-refractivity contribution is -0.141. The predicted molar refractivity (Wildman–Crippen MR) is 106 cm³/mol. The number of halogens is 4. The number of cyclic esters (lactones) is 1. The average Bonchev–Trinajstić information content (AvgIpc) is 3.33. The van der Waals surface area contributed by atoms with Gasteiger partial charge in [0, 0.05) is 30.8 Å². The monoisotopic (exact) mass is 455 g/mol. The van der Waals surface area contributed by atoms with Gasteiger partial charge in [-0.3, -0.25) is 14.4 Å². The van der Waals surface area contributed by atoms with E-state index in [2.05, 4.69) is 10.4 Å². The second-order valence-corrected chi connectivity index (χ2v) is 7.43. The quantitative estimate of drug-likeness (QED) is 0.493. The number of carbonyl (C=O) groups excluding carboxylic acids is 2. The van der Waals surface area contributed by atoms with Crippen LogP contribution in [0.4, 0.5) is 28.0 Å². The summed E-state index contributed by atoms with van der Waals surface area (Å²) in [4.78, 5) is 24.3. The van der Waals surface area contributed by atoms with Gasteiger partial charge in [0.1, 0.15) is 11.9 Å². The van der Waals surface area contributed by atoms with Crippen molar-refractivity contribution >= 4 is 23.4 Å². The molecule has 3 rings (SSSR count). The van der Waals surface area contributed by atoms with Crippen LogP contribution in [0.15, 0.2) is 30.5 Å². The number of nitrogens with zero attached hydrogens (tertiary/aromatic N) is 3. The highest BCUT2D eigenvalue weighted by atomic mass is 19.4. The Morgan fingerprint density at radius 1 is 1.38 bits per heavy atom. The highest BCUT2D eigenvalue weighted by Gasteiger charge is 2.34. The number of ether oxygens (including phenoxy) is 1. The minimum atomic E-state index is -4.57. The molecule has 2 amide bonds. The second kappa shape index (κ2) is 8.97. The third-order valence-corrected chi connectivity index (χ3v) is 4.89. The van der Waals surface area contributed by atoms with Crippen LogP contribution in [-0.4, -0.2) is 46.7 Å². The topological polar surface area (TPSA) is 100 Å². The molecule has 0 radical (unpaired) electrons. The molecule has 1 saturated heterocycles. The zero-order valence-corrected chi connectivity index (χ0v) is 17.2. The Bertz CT molecular complexity index is 1040. The van der Waals surface area contributed by atoms with Gasteiger partial charge in [0.25, 0.3) is 0 Å². The minimum Gasteiger partial charge on any atom is -0.442 e. The molecule has 172 valence electrons. The van der Waals surface area contributed by atoms with Gasteiger partial charge in [0.05, 0.1) is 24.8 Å². The molecule has 0 aliphatic carbocycles. The normalized spacial score (nSPS) is 17.2. The average molecular weight is 455 g/mol. The molecule has 1 aromatic heterocycles. The fourth-order valence-corrected chi connectivity index (χ4v) is 3.25. The van der Waals surface area contributed by atoms with Crippen molar-refractivity contribution in [2.45, 2.75) is 38.6 Å². The van der Waals surface area contributed by atoms with E-state index in [1.54, 1.807) is 6.92 Å². The molecule has 0 saturated carbocycles. The van der Waals surface area contributed by atoms with E-state index < -0.39 is 35.9 Å². The summed E-state index contributed by atoms with van der Waals surface area (Å²) in [7, 11) is 0. The van der Waals surface area contributed by atoms with E-state index in [1.165, 1.54) is 24.0 Å². The number of amides is 2. The molecule has 1 aliphatic rings. The van der Waals surface area contributed by atoms with Crippen LogP contribution in [0.2, 0.25) is 0 Å². The summed E-state index contributed by atoms with van der Waals surface area (Å²) < 4.78 is 59.1. The molecule has 2 heterocycles. The van der Waals surface area contributed by atoms with Crippen LogP contribution < -0.4 is 10.2 Å². The van der Waals surface area contributed by atoms with Gasteiger partial charge in [-0.15, -0.1) is 0 Å². The third kappa shape index (κ3) is 5.24. The van der Waals surface area contributed by atoms with E-state index in [-0.39, 0.29) is 42.4 Å². The largest absolute Gasteiger partial charge is 0.442 e. The molecule has 32 heavy (non-hydrogen) atoms. The standard InChI is InChI=1S/C20H21F4N5O3/c1-11(29-6-5-18(27-29)20(22,23)24)7-17(25)15-4-3-13(8-16(15)21)28-10-14(32-19(28)31)9-26-12(2)30/h3-6,8,11,14,25H,7,9-10H2,1-2H3,(H,26,30)/t11-,14+/m1/s1. The Morgan fingerprint density at radius 2 is 2.09 bits per heavy atom. The number of benzene rings is 1. The molecule has 8 nitrogen and oxygen atoms in total. The molecular formula is C20H21F4N5O3. The second-order valence-electron chi connectivity index (χ2n) is 7.43. The molecule has 2 N–H and O–H groups in total. The van der Waals surface area contributed by atoms with Gasteiger partial charge in [-0.05, 0) is 31.2 Å². The van der Waals surface area contributed by atoms with E-state index in [1.807, 2.05) is 0 Å². The van der Waals surface area contributed by atoms with Gasteiger partial charge < -0.3 is 15.5 Å². The number of alkyl halides is 3. The number of anilines is 1. The zero-order valence-electron chi connectivity index (χ0n) is 17.2. The Kier molecular flexibility index (Phi) is 6.51. The third-order valence-electron chi connectivity index (χ3n) is 4.89. The van der Waals surface area contributed by atoms with Gasteiger partial charge in [-0.25, -0.2) is 9.18 Å². The number of carbonyl (C=O) groups is 2. The van der Waals surface area contributed by atoms with Gasteiger partial charge in [0.15, 0.2) is 5.69 Å². The first-order valence-corrected chi connectivity index (χ1v) is 9.68. The summed E-state index contributed by atoms with van der Waals surface area (Å²) in [5.41, 5.74) is -0.977. The van der Waals surface area contributed by atoms with Gasteiger partial charge >= 0.3 is 12.3 Å². The van der Waals surface area contributed by atoms with E-state index in [9.17, 15) is 27.2 Å². The maximum absolute atomic E-state index is 14.7. The van der Waals surface area contributed by atoms with Crippen LogP contribution in [0.5, 0.6) is 0 Å². The molecule has 1 aromatic carbocycles. The van der Waals surface area contributed by atoms with Crippen molar-refractivity contribution in [2.24, 2.45) is 0 Å². The van der Waals surface area contributed by atoms with Crippen LogP contribution in [0.3, 0.4) is 0 Å². The van der Waals surface area contributed by atoms with Gasteiger partial charge in [0.2, 0.25) is 5.91 Å². The Labute approximate surface area is 180 Å². The van der Waals surface area contributed by atoms with E-state index in [4.69, 9.17) is 10.1 Å². The lowest BCUT2D eigenvalue weighted by Crippen LogP contribution is -2.33. The minimum absolute atomic E-state index is 0.0360. The van der Waals surface area contributed by atoms with Gasteiger partial charge in [-0.1, -0.05) is 0 Å². The van der Waals surface area contributed by atoms with E-state index in [0.717, 1.165) is 23.0 Å². The molecule has 1 fully saturated rings. The zero-order chi connectivity index (χ0) is 23.6. The van der Waals surface area contributed by atoms with Crippen molar-refractivity contribution in [1.82, 2.24) is 15.1 Å². The smallest absolute Gasteiger partial charge is 0.435 e. The summed E-state index contributed by atoms with van der Waals surface area (Å²) >= 11 is 0. The van der Waals surface area contributed by atoms with E-state index in [0.29, 0.717) is 0 Å². The Morgan fingerprint density at radius 3 is 2.69 bits per heavy atom. The molecular weight excluding hydrogens is 434 g/mol. The molecule has 1 aliphatic heterocycles. The van der Waals surface area contributed by atoms with Crippen LogP contribution in [-0.2, 0) is 15.7 Å². The maximum atomic E-state index is 14.7. The van der Waals surface area contributed by atoms with E-state index >= 15 is 0 Å². The Hall–Kier alpha value is -3.44. The van der Waals surface area contributed by atoms with Crippen LogP contribution in [0.1, 0.15) is 37.6 Å². The lowest BCUT2D eigenvalue weighted by atomic mass is 10.0. The summed E-state index contributed by atoms with van der Waals surface area (Å²) in [6.45, 7) is 3.15. The van der Waals surface area contributed by atoms with Crippen molar-refractivity contribution in [3.63, 3.8) is 0 Å². The highest BCUT2D eigenvalue weighted by molar-refractivity contribution is 5.99. The van der Waals surface area contributed by atoms with Crippen molar-refractivity contribution in [3.8, 4) is 0 Å². The molecule has 2 aromatic rings. The number of rotatable bonds is 7. The van der Waals surface area contributed by atoms with Crippen molar-refractivity contribution < 1.29 is 31.9 Å². The molecule has 12 heteroatoms. The van der Waals surface area contributed by atoms with Crippen molar-refractivity contribution in [3.05, 3.63) is 47.5 Å². The van der Waals surface area contributed by atoms with Crippen molar-refractivity contribution in [2.75, 3.05) is 18.0 Å². The van der Waals surface area contributed by atoms with Crippen molar-refractivity contribution in [1.29, 1.82) is 5.41 Å². The van der Waals surface area contributed by atoms with Crippen LogP contribution >= 0.6 is 0 Å². The first kappa shape index (κ1) is 23.2. The summed E-state index contributed by atoms with van der Waals surface area (Å²) in [5, 5.41) is 14.2. The van der Waals surface area contributed by atoms with Crippen LogP contribution in [0, 0.1) is 11.2 Å². The number of nitrogens with one attached hydrogen (secondary N) is 2. The molecule has 0 bridgehead atoms. The number of hydrogen-bond donors (Lipinski definition) is 2. The van der Waals surface area contributed by atoms with Gasteiger partial charge in [-0.2, -0.15) is 18.3 Å². The fourth-order valence-electron chi connectivity index (χ4n) is 3.25. The SMILES string of the molecule is CC(=O)NC[C@H]1CN(c2ccc(C(=N)C[C@@H](C)n3ccc(C(F)(F)F)n3)c(F)c2)C(=O)O1. The summed E-state index contributed by atoms with van der Waals surface area (Å²) in [5.74, 6) is -1.03. The molecule has 2 atom stereocenters. The molecule has 0 spiro atoms. The molecule has 0 unspecified atom stereocenters. The Balaban J connectivity index is 1.67. The summed E-state index contributed by atoms with van der Waals surface area (Å²) in [6.07, 6.45) is -4.73. The maximum Gasteiger partial charge on any atom is 0.435 e. The predicted octanol–water partition coefficient (Wildman–Crippen LogP) is 3.52. The lowest BCUT2D eigenvalue weighted by Gasteiger charge is -2.16. The number of hydrogen-bond acceptors (Lipinski definition) is 5. The first-order valence-electron chi connectivity index (χ1n) is 9.68. The number of aromatic nitrogens is 2. The highest BCUT2D eigenvalue weighted by Crippen LogP contribution is 2.29. The van der Waals surface area contributed by atoms with Crippen LogP contribution in [0.25, 0.3) is 0 Å². The summed E-state index contributed by atoms with van der Waals surface area (Å²) in [6, 6.07) is 4.10. The fraction of sp³-hybridized carbons (Fsp3) is 0.400.